The first-order valence-corrected chi connectivity index (χ1v) is 10.5. The maximum Gasteiger partial charge on any atom is 0.260 e. The second-order valence-corrected chi connectivity index (χ2v) is 7.46. The zero-order valence-corrected chi connectivity index (χ0v) is 18.8. The molecule has 0 saturated carbocycles. The van der Waals surface area contributed by atoms with Crippen molar-refractivity contribution in [2.24, 2.45) is 0 Å². The summed E-state index contributed by atoms with van der Waals surface area (Å²) in [4.78, 5) is 32.8. The van der Waals surface area contributed by atoms with E-state index in [2.05, 4.69) is 19.9 Å². The highest BCUT2D eigenvalue weighted by molar-refractivity contribution is 6.11. The Kier molecular flexibility index (Phi) is 5.51. The zero-order valence-electron chi connectivity index (χ0n) is 18.8. The molecule has 0 N–H and O–H groups in total. The molecule has 0 radical (unpaired) electrons. The minimum absolute atomic E-state index is 0.213. The standard InChI is InChI=1S/C25H21N5O4/c1-32-16-7-5-15(6-8-16)22-17-13-19(33-2)20(34-3)14-18(17)25(31)30(22)21-9-12-28-24(29-21)23-26-10-4-11-27-23/h4-14,22H,1-3H3/t22-/m0/s1. The van der Waals surface area contributed by atoms with Gasteiger partial charge in [-0.25, -0.2) is 19.9 Å². The fourth-order valence-corrected chi connectivity index (χ4v) is 4.05. The highest BCUT2D eigenvalue weighted by atomic mass is 16.5. The summed E-state index contributed by atoms with van der Waals surface area (Å²) in [5.41, 5.74) is 2.18. The fraction of sp³-hybridized carbons (Fsp3) is 0.160. The summed E-state index contributed by atoms with van der Waals surface area (Å²) in [6, 6.07) is 14.1. The van der Waals surface area contributed by atoms with E-state index in [0.29, 0.717) is 34.5 Å². The van der Waals surface area contributed by atoms with Gasteiger partial charge in [-0.2, -0.15) is 0 Å². The monoisotopic (exact) mass is 455 g/mol. The van der Waals surface area contributed by atoms with Crippen molar-refractivity contribution in [3.63, 3.8) is 0 Å². The molecule has 5 rings (SSSR count). The van der Waals surface area contributed by atoms with Crippen LogP contribution in [0, 0.1) is 0 Å². The van der Waals surface area contributed by atoms with Gasteiger partial charge < -0.3 is 14.2 Å². The van der Waals surface area contributed by atoms with Gasteiger partial charge in [-0.3, -0.25) is 9.69 Å². The van der Waals surface area contributed by atoms with Gasteiger partial charge >= 0.3 is 0 Å². The molecule has 0 saturated heterocycles. The van der Waals surface area contributed by atoms with E-state index in [1.165, 1.54) is 0 Å². The molecule has 2 aromatic carbocycles. The highest BCUT2D eigenvalue weighted by Crippen LogP contribution is 2.45. The number of nitrogens with zero attached hydrogens (tertiary/aromatic N) is 5. The fourth-order valence-electron chi connectivity index (χ4n) is 4.05. The first-order chi connectivity index (χ1) is 16.6. The van der Waals surface area contributed by atoms with Gasteiger partial charge in [0, 0.05) is 24.2 Å². The van der Waals surface area contributed by atoms with Gasteiger partial charge in [-0.05, 0) is 47.5 Å². The summed E-state index contributed by atoms with van der Waals surface area (Å²) in [5, 5.41) is 0. The van der Waals surface area contributed by atoms with Gasteiger partial charge in [-0.1, -0.05) is 12.1 Å². The number of carbonyl (C=O) groups is 1. The molecular formula is C25H21N5O4. The van der Waals surface area contributed by atoms with Crippen LogP contribution in [0.5, 0.6) is 17.2 Å². The van der Waals surface area contributed by atoms with Crippen LogP contribution in [0.15, 0.2) is 67.1 Å². The first-order valence-electron chi connectivity index (χ1n) is 10.5. The normalized spacial score (nSPS) is 14.6. The van der Waals surface area contributed by atoms with Gasteiger partial charge in [0.05, 0.1) is 27.4 Å². The number of methoxy groups -OCH3 is 3. The first kappa shape index (κ1) is 21.3. The summed E-state index contributed by atoms with van der Waals surface area (Å²) >= 11 is 0. The largest absolute Gasteiger partial charge is 0.497 e. The third-order valence-electron chi connectivity index (χ3n) is 5.64. The number of carbonyl (C=O) groups excluding carboxylic acids is 1. The SMILES string of the molecule is COc1ccc([C@H]2c3cc(OC)c(OC)cc3C(=O)N2c2ccnc(-c3ncccn3)n2)cc1. The van der Waals surface area contributed by atoms with E-state index >= 15 is 0 Å². The summed E-state index contributed by atoms with van der Waals surface area (Å²) in [6.07, 6.45) is 4.83. The molecule has 9 nitrogen and oxygen atoms in total. The molecule has 0 fully saturated rings. The Morgan fingerprint density at radius 1 is 0.794 bits per heavy atom. The van der Waals surface area contributed by atoms with Crippen LogP contribution in [0.2, 0.25) is 0 Å². The Hall–Kier alpha value is -4.53. The number of amides is 1. The lowest BCUT2D eigenvalue weighted by Crippen LogP contribution is -2.29. The molecule has 0 spiro atoms. The van der Waals surface area contributed by atoms with Crippen LogP contribution < -0.4 is 19.1 Å². The van der Waals surface area contributed by atoms with Crippen molar-refractivity contribution in [1.29, 1.82) is 0 Å². The minimum atomic E-state index is -0.451. The average Bonchev–Trinajstić information content (AvgIpc) is 3.19. The Labute approximate surface area is 196 Å². The van der Waals surface area contributed by atoms with Crippen LogP contribution in [0.3, 0.4) is 0 Å². The van der Waals surface area contributed by atoms with Crippen molar-refractivity contribution in [3.05, 3.63) is 83.8 Å². The number of benzene rings is 2. The lowest BCUT2D eigenvalue weighted by Gasteiger charge is -2.25. The Bertz CT molecular complexity index is 1350. The van der Waals surface area contributed by atoms with Crippen LogP contribution in [0.25, 0.3) is 11.6 Å². The topological polar surface area (TPSA) is 99.6 Å². The van der Waals surface area contributed by atoms with Crippen molar-refractivity contribution < 1.29 is 19.0 Å². The molecule has 0 bridgehead atoms. The van der Waals surface area contributed by atoms with E-state index in [1.807, 2.05) is 30.3 Å². The van der Waals surface area contributed by atoms with E-state index in [9.17, 15) is 4.79 Å². The van der Waals surface area contributed by atoms with E-state index in [-0.39, 0.29) is 5.91 Å². The Balaban J connectivity index is 1.68. The number of hydrogen-bond donors (Lipinski definition) is 0. The van der Waals surface area contributed by atoms with Crippen molar-refractivity contribution in [2.75, 3.05) is 26.2 Å². The van der Waals surface area contributed by atoms with E-state index in [4.69, 9.17) is 14.2 Å². The number of anilines is 1. The molecule has 170 valence electrons. The molecule has 1 atom stereocenters. The third kappa shape index (κ3) is 3.57. The van der Waals surface area contributed by atoms with E-state index < -0.39 is 6.04 Å². The smallest absolute Gasteiger partial charge is 0.260 e. The van der Waals surface area contributed by atoms with Crippen molar-refractivity contribution in [1.82, 2.24) is 19.9 Å². The molecule has 9 heteroatoms. The molecule has 3 heterocycles. The van der Waals surface area contributed by atoms with Gasteiger partial charge in [-0.15, -0.1) is 0 Å². The molecule has 0 unspecified atom stereocenters. The average molecular weight is 455 g/mol. The van der Waals surface area contributed by atoms with Crippen LogP contribution >= 0.6 is 0 Å². The molecule has 1 aliphatic rings. The van der Waals surface area contributed by atoms with Crippen molar-refractivity contribution >= 4 is 11.7 Å². The predicted molar refractivity (Wildman–Crippen MR) is 124 cm³/mol. The Morgan fingerprint density at radius 2 is 1.47 bits per heavy atom. The maximum atomic E-state index is 13.7. The molecule has 1 aliphatic heterocycles. The molecule has 2 aromatic heterocycles. The maximum absolute atomic E-state index is 13.7. The summed E-state index contributed by atoms with van der Waals surface area (Å²) < 4.78 is 16.3. The lowest BCUT2D eigenvalue weighted by atomic mass is 9.97. The summed E-state index contributed by atoms with van der Waals surface area (Å²) in [5.74, 6) is 2.65. The van der Waals surface area contributed by atoms with Gasteiger partial charge in [0.25, 0.3) is 5.91 Å². The number of ether oxygens (including phenoxy) is 3. The zero-order chi connectivity index (χ0) is 23.7. The number of aromatic nitrogens is 4. The van der Waals surface area contributed by atoms with Crippen LogP contribution in [-0.2, 0) is 0 Å². The van der Waals surface area contributed by atoms with E-state index in [1.54, 1.807) is 63.0 Å². The minimum Gasteiger partial charge on any atom is -0.497 e. The predicted octanol–water partition coefficient (Wildman–Crippen LogP) is 3.71. The van der Waals surface area contributed by atoms with Crippen LogP contribution in [-0.4, -0.2) is 47.2 Å². The molecule has 34 heavy (non-hydrogen) atoms. The lowest BCUT2D eigenvalue weighted by molar-refractivity contribution is 0.0992. The quantitative estimate of drug-likeness (QED) is 0.434. The van der Waals surface area contributed by atoms with Crippen LogP contribution in [0.1, 0.15) is 27.5 Å². The summed E-state index contributed by atoms with van der Waals surface area (Å²) in [7, 11) is 4.72. The van der Waals surface area contributed by atoms with Crippen molar-refractivity contribution in [3.8, 4) is 28.9 Å². The number of fused-ring (bicyclic) bond motifs is 1. The highest BCUT2D eigenvalue weighted by Gasteiger charge is 2.41. The number of rotatable bonds is 6. The Morgan fingerprint density at radius 3 is 2.15 bits per heavy atom. The summed E-state index contributed by atoms with van der Waals surface area (Å²) in [6.45, 7) is 0. The van der Waals surface area contributed by atoms with Gasteiger partial charge in [0.1, 0.15) is 11.6 Å². The third-order valence-corrected chi connectivity index (χ3v) is 5.64. The van der Waals surface area contributed by atoms with Gasteiger partial charge in [0.15, 0.2) is 23.1 Å². The van der Waals surface area contributed by atoms with Gasteiger partial charge in [0.2, 0.25) is 0 Å². The van der Waals surface area contributed by atoms with Crippen molar-refractivity contribution in [2.45, 2.75) is 6.04 Å². The molecule has 0 aliphatic carbocycles. The molecular weight excluding hydrogens is 434 g/mol. The molecule has 1 amide bonds. The second-order valence-electron chi connectivity index (χ2n) is 7.46. The second kappa shape index (κ2) is 8.78. The van der Waals surface area contributed by atoms with E-state index in [0.717, 1.165) is 16.9 Å². The number of hydrogen-bond acceptors (Lipinski definition) is 8. The molecule has 4 aromatic rings. The van der Waals surface area contributed by atoms with Crippen LogP contribution in [0.4, 0.5) is 5.82 Å².